The Morgan fingerprint density at radius 2 is 1.94 bits per heavy atom. The average molecular weight is 423 g/mol. The van der Waals surface area contributed by atoms with Gasteiger partial charge in [-0.25, -0.2) is 9.97 Å². The number of aliphatic hydroxyl groups is 1. The van der Waals surface area contributed by atoms with Crippen LogP contribution in [-0.2, 0) is 11.8 Å². The van der Waals surface area contributed by atoms with Crippen molar-refractivity contribution in [3.63, 3.8) is 0 Å². The average Bonchev–Trinajstić information content (AvgIpc) is 3.34. The van der Waals surface area contributed by atoms with Gasteiger partial charge in [0.05, 0.1) is 48.5 Å². The second-order valence-electron chi connectivity index (χ2n) is 8.84. The number of rotatable bonds is 4. The molecule has 0 spiro atoms. The minimum Gasteiger partial charge on any atom is -0.389 e. The van der Waals surface area contributed by atoms with Gasteiger partial charge in [-0.1, -0.05) is 0 Å². The van der Waals surface area contributed by atoms with Crippen LogP contribution in [-0.4, -0.2) is 68.2 Å². The third-order valence-corrected chi connectivity index (χ3v) is 6.91. The van der Waals surface area contributed by atoms with Crippen molar-refractivity contribution in [1.29, 1.82) is 0 Å². The molecule has 31 heavy (non-hydrogen) atoms. The summed E-state index contributed by atoms with van der Waals surface area (Å²) in [6.07, 6.45) is 5.49. The standard InChI is InChI=1S/C23H30N6O2/c1-14-8-17-10-24-23(27-20-11-25-28(3)15(20)2)26-19(17)9-18(14)16-4-6-29(7-5-16)21-12-31-13-22(21)30/h8-11,16,21-22,30H,4-7,12-13H2,1-3H3,(H,24,26,27)/t21-,22?/m1/s1. The van der Waals surface area contributed by atoms with Crippen LogP contribution in [0.1, 0.15) is 35.6 Å². The lowest BCUT2D eigenvalue weighted by Crippen LogP contribution is -2.46. The van der Waals surface area contributed by atoms with E-state index in [1.807, 2.05) is 24.9 Å². The number of anilines is 2. The lowest BCUT2D eigenvalue weighted by Gasteiger charge is -2.37. The van der Waals surface area contributed by atoms with E-state index in [9.17, 15) is 5.11 Å². The fourth-order valence-electron chi connectivity index (χ4n) is 4.87. The lowest BCUT2D eigenvalue weighted by molar-refractivity contribution is 0.0663. The van der Waals surface area contributed by atoms with E-state index < -0.39 is 0 Å². The van der Waals surface area contributed by atoms with Crippen molar-refractivity contribution in [2.75, 3.05) is 31.6 Å². The van der Waals surface area contributed by atoms with Crippen molar-refractivity contribution >= 4 is 22.5 Å². The summed E-state index contributed by atoms with van der Waals surface area (Å²) in [6, 6.07) is 4.59. The van der Waals surface area contributed by atoms with Crippen LogP contribution in [0.4, 0.5) is 11.6 Å². The molecule has 2 aromatic heterocycles. The van der Waals surface area contributed by atoms with E-state index in [4.69, 9.17) is 9.72 Å². The Morgan fingerprint density at radius 3 is 2.61 bits per heavy atom. The van der Waals surface area contributed by atoms with Crippen molar-refractivity contribution in [1.82, 2.24) is 24.6 Å². The van der Waals surface area contributed by atoms with Crippen molar-refractivity contribution in [3.8, 4) is 0 Å². The SMILES string of the molecule is Cc1cc2cnc(Nc3cnn(C)c3C)nc2cc1C1CCN([C@@H]2COCC2O)CC1. The van der Waals surface area contributed by atoms with Gasteiger partial charge < -0.3 is 15.2 Å². The summed E-state index contributed by atoms with van der Waals surface area (Å²) < 4.78 is 7.27. The summed E-state index contributed by atoms with van der Waals surface area (Å²) in [6.45, 7) is 7.28. The molecule has 8 heteroatoms. The first-order valence-corrected chi connectivity index (χ1v) is 11.0. The Hall–Kier alpha value is -2.55. The fraction of sp³-hybridized carbons (Fsp3) is 0.522. The zero-order valence-electron chi connectivity index (χ0n) is 18.4. The van der Waals surface area contributed by atoms with Gasteiger partial charge >= 0.3 is 0 Å². The maximum Gasteiger partial charge on any atom is 0.227 e. The molecule has 164 valence electrons. The first kappa shape index (κ1) is 20.4. The van der Waals surface area contributed by atoms with Crippen molar-refractivity contribution in [2.24, 2.45) is 7.05 Å². The topological polar surface area (TPSA) is 88.3 Å². The summed E-state index contributed by atoms with van der Waals surface area (Å²) in [4.78, 5) is 11.7. The van der Waals surface area contributed by atoms with E-state index in [0.717, 1.165) is 48.2 Å². The molecule has 0 aliphatic carbocycles. The van der Waals surface area contributed by atoms with E-state index in [1.165, 1.54) is 11.1 Å². The highest BCUT2D eigenvalue weighted by atomic mass is 16.5. The van der Waals surface area contributed by atoms with E-state index in [1.54, 1.807) is 6.20 Å². The van der Waals surface area contributed by atoms with Gasteiger partial charge in [0.1, 0.15) is 0 Å². The molecular formula is C23H30N6O2. The quantitative estimate of drug-likeness (QED) is 0.668. The lowest BCUT2D eigenvalue weighted by atomic mass is 9.85. The van der Waals surface area contributed by atoms with E-state index in [2.05, 4.69) is 39.4 Å². The molecule has 1 aromatic carbocycles. The summed E-state index contributed by atoms with van der Waals surface area (Å²) in [5.41, 5.74) is 5.58. The van der Waals surface area contributed by atoms with Gasteiger partial charge in [0.15, 0.2) is 0 Å². The van der Waals surface area contributed by atoms with E-state index in [0.29, 0.717) is 25.1 Å². The number of piperidine rings is 1. The van der Waals surface area contributed by atoms with Crippen LogP contribution in [0.5, 0.6) is 0 Å². The molecule has 2 saturated heterocycles. The van der Waals surface area contributed by atoms with Gasteiger partial charge in [-0.3, -0.25) is 9.58 Å². The van der Waals surface area contributed by atoms with Gasteiger partial charge in [0, 0.05) is 18.6 Å². The number of nitrogens with zero attached hydrogens (tertiary/aromatic N) is 5. The van der Waals surface area contributed by atoms with Crippen LogP contribution in [0, 0.1) is 13.8 Å². The number of likely N-dealkylation sites (tertiary alicyclic amines) is 1. The third kappa shape index (κ3) is 3.91. The summed E-state index contributed by atoms with van der Waals surface area (Å²) in [5.74, 6) is 1.09. The number of hydrogen-bond donors (Lipinski definition) is 2. The monoisotopic (exact) mass is 422 g/mol. The Morgan fingerprint density at radius 1 is 1.13 bits per heavy atom. The summed E-state index contributed by atoms with van der Waals surface area (Å²) >= 11 is 0. The maximum atomic E-state index is 10.1. The Bertz CT molecular complexity index is 1090. The van der Waals surface area contributed by atoms with Crippen LogP contribution < -0.4 is 5.32 Å². The van der Waals surface area contributed by atoms with Gasteiger partial charge in [0.25, 0.3) is 0 Å². The number of benzene rings is 1. The molecule has 4 heterocycles. The molecule has 1 unspecified atom stereocenters. The van der Waals surface area contributed by atoms with Crippen molar-refractivity contribution in [3.05, 3.63) is 41.3 Å². The molecule has 8 nitrogen and oxygen atoms in total. The van der Waals surface area contributed by atoms with Gasteiger partial charge in [0.2, 0.25) is 5.95 Å². The summed E-state index contributed by atoms with van der Waals surface area (Å²) in [7, 11) is 1.92. The van der Waals surface area contributed by atoms with Crippen LogP contribution >= 0.6 is 0 Å². The second-order valence-corrected chi connectivity index (χ2v) is 8.84. The predicted octanol–water partition coefficient (Wildman–Crippen LogP) is 2.66. The molecule has 0 bridgehead atoms. The number of nitrogens with one attached hydrogen (secondary N) is 1. The van der Waals surface area contributed by atoms with Crippen LogP contribution in [0.3, 0.4) is 0 Å². The highest BCUT2D eigenvalue weighted by molar-refractivity contribution is 5.81. The van der Waals surface area contributed by atoms with Crippen LogP contribution in [0.15, 0.2) is 24.5 Å². The number of aromatic nitrogens is 4. The summed E-state index contributed by atoms with van der Waals surface area (Å²) in [5, 5.41) is 18.8. The normalized spacial score (nSPS) is 23.0. The first-order valence-electron chi connectivity index (χ1n) is 11.0. The first-order chi connectivity index (χ1) is 15.0. The zero-order chi connectivity index (χ0) is 21.5. The molecule has 0 radical (unpaired) electrons. The minimum atomic E-state index is -0.356. The smallest absolute Gasteiger partial charge is 0.227 e. The van der Waals surface area contributed by atoms with Crippen molar-refractivity contribution in [2.45, 2.75) is 44.8 Å². The fourth-order valence-corrected chi connectivity index (χ4v) is 4.87. The Kier molecular flexibility index (Phi) is 5.37. The molecule has 2 aliphatic heterocycles. The molecule has 2 N–H and O–H groups in total. The molecule has 0 saturated carbocycles. The predicted molar refractivity (Wildman–Crippen MR) is 120 cm³/mol. The van der Waals surface area contributed by atoms with Crippen LogP contribution in [0.25, 0.3) is 10.9 Å². The number of fused-ring (bicyclic) bond motifs is 1. The van der Waals surface area contributed by atoms with Crippen molar-refractivity contribution < 1.29 is 9.84 Å². The van der Waals surface area contributed by atoms with Gasteiger partial charge in [-0.15, -0.1) is 0 Å². The maximum absolute atomic E-state index is 10.1. The molecular weight excluding hydrogens is 392 g/mol. The molecule has 5 rings (SSSR count). The number of hydrogen-bond acceptors (Lipinski definition) is 7. The number of aliphatic hydroxyl groups excluding tert-OH is 1. The third-order valence-electron chi connectivity index (χ3n) is 6.91. The van der Waals surface area contributed by atoms with E-state index >= 15 is 0 Å². The van der Waals surface area contributed by atoms with E-state index in [-0.39, 0.29) is 12.1 Å². The van der Waals surface area contributed by atoms with Crippen LogP contribution in [0.2, 0.25) is 0 Å². The molecule has 2 atom stereocenters. The molecule has 3 aromatic rings. The zero-order valence-corrected chi connectivity index (χ0v) is 18.4. The largest absolute Gasteiger partial charge is 0.389 e. The molecule has 2 fully saturated rings. The minimum absolute atomic E-state index is 0.149. The Labute approximate surface area is 182 Å². The van der Waals surface area contributed by atoms with Gasteiger partial charge in [-0.05, 0) is 69.0 Å². The highest BCUT2D eigenvalue weighted by Crippen LogP contribution is 2.34. The number of aryl methyl sites for hydroxylation is 2. The number of ether oxygens (including phenoxy) is 1. The molecule has 0 amide bonds. The van der Waals surface area contributed by atoms with Gasteiger partial charge in [-0.2, -0.15) is 5.10 Å². The molecule has 2 aliphatic rings. The Balaban J connectivity index is 1.35. The second kappa shape index (κ2) is 8.18. The highest BCUT2D eigenvalue weighted by Gasteiger charge is 2.34.